The van der Waals surface area contributed by atoms with Crippen molar-refractivity contribution in [3.05, 3.63) is 0 Å². The maximum Gasteiger partial charge on any atom is 0.223 e. The van der Waals surface area contributed by atoms with Crippen LogP contribution < -0.4 is 5.32 Å². The van der Waals surface area contributed by atoms with Crippen LogP contribution in [0.2, 0.25) is 0 Å². The van der Waals surface area contributed by atoms with Crippen LogP contribution in [0.25, 0.3) is 0 Å². The number of carbonyl (C=O) groups is 1. The van der Waals surface area contributed by atoms with Gasteiger partial charge in [0.2, 0.25) is 5.91 Å². The zero-order valence-electron chi connectivity index (χ0n) is 14.1. The van der Waals surface area contributed by atoms with Crippen LogP contribution in [0.1, 0.15) is 71.1 Å². The third-order valence-corrected chi connectivity index (χ3v) is 5.94. The summed E-state index contributed by atoms with van der Waals surface area (Å²) in [6, 6.07) is 1.16. The summed E-state index contributed by atoms with van der Waals surface area (Å²) in [5, 5.41) is 3.41. The van der Waals surface area contributed by atoms with Gasteiger partial charge in [0, 0.05) is 18.5 Å². The van der Waals surface area contributed by atoms with Crippen molar-refractivity contribution in [2.45, 2.75) is 83.2 Å². The smallest absolute Gasteiger partial charge is 0.223 e. The Morgan fingerprint density at radius 1 is 1.00 bits per heavy atom. The predicted octanol–water partition coefficient (Wildman–Crippen LogP) is 3.76. The normalized spacial score (nSPS) is 31.6. The number of rotatable bonds is 6. The number of nitrogens with zero attached hydrogens (tertiary/aromatic N) is 1. The first kappa shape index (κ1) is 18.1. The van der Waals surface area contributed by atoms with Gasteiger partial charge >= 0.3 is 0 Å². The van der Waals surface area contributed by atoms with Crippen molar-refractivity contribution < 1.29 is 4.79 Å². The standard InChI is InChI=1S/C18H32N2O.ClH/c1-2-14-3-6-16(7-4-14)20(17-8-9-17)18(21)10-5-15-11-12-19-13-15;/h14-17,19H,2-13H2,1H3;1H. The molecule has 0 aromatic carbocycles. The number of halogens is 1. The Hall–Kier alpha value is -0.280. The minimum Gasteiger partial charge on any atom is -0.337 e. The van der Waals surface area contributed by atoms with Crippen molar-refractivity contribution >= 4 is 18.3 Å². The molecule has 1 unspecified atom stereocenters. The van der Waals surface area contributed by atoms with Crippen LogP contribution in [0, 0.1) is 11.8 Å². The lowest BCUT2D eigenvalue weighted by Crippen LogP contribution is -2.44. The average molecular weight is 329 g/mol. The van der Waals surface area contributed by atoms with Gasteiger partial charge in [0.25, 0.3) is 0 Å². The molecule has 0 bridgehead atoms. The molecule has 1 N–H and O–H groups in total. The number of nitrogens with one attached hydrogen (secondary N) is 1. The molecule has 1 heterocycles. The highest BCUT2D eigenvalue weighted by molar-refractivity contribution is 5.85. The van der Waals surface area contributed by atoms with E-state index in [1.54, 1.807) is 0 Å². The van der Waals surface area contributed by atoms with Crippen molar-refractivity contribution in [3.8, 4) is 0 Å². The second-order valence-corrected chi connectivity index (χ2v) is 7.51. The molecule has 2 aliphatic carbocycles. The van der Waals surface area contributed by atoms with Crippen molar-refractivity contribution in [3.63, 3.8) is 0 Å². The molecular formula is C18H33ClN2O. The van der Waals surface area contributed by atoms with E-state index in [1.807, 2.05) is 0 Å². The highest BCUT2D eigenvalue weighted by Crippen LogP contribution is 2.36. The van der Waals surface area contributed by atoms with Gasteiger partial charge in [0.1, 0.15) is 0 Å². The number of amides is 1. The van der Waals surface area contributed by atoms with Crippen LogP contribution in [0.15, 0.2) is 0 Å². The second-order valence-electron chi connectivity index (χ2n) is 7.51. The number of carbonyl (C=O) groups excluding carboxylic acids is 1. The molecule has 0 aromatic heterocycles. The van der Waals surface area contributed by atoms with Gasteiger partial charge in [0.15, 0.2) is 0 Å². The van der Waals surface area contributed by atoms with E-state index in [-0.39, 0.29) is 12.4 Å². The Bertz CT molecular complexity index is 345. The van der Waals surface area contributed by atoms with Crippen LogP contribution in [0.5, 0.6) is 0 Å². The highest BCUT2D eigenvalue weighted by atomic mass is 35.5. The molecule has 1 amide bonds. The monoisotopic (exact) mass is 328 g/mol. The van der Waals surface area contributed by atoms with E-state index in [2.05, 4.69) is 17.1 Å². The summed E-state index contributed by atoms with van der Waals surface area (Å²) >= 11 is 0. The first-order valence-electron chi connectivity index (χ1n) is 9.29. The van der Waals surface area contributed by atoms with Crippen molar-refractivity contribution in [1.82, 2.24) is 10.2 Å². The molecule has 1 atom stereocenters. The molecule has 4 heteroatoms. The zero-order valence-corrected chi connectivity index (χ0v) is 14.9. The fraction of sp³-hybridized carbons (Fsp3) is 0.944. The van der Waals surface area contributed by atoms with Crippen LogP contribution in [0.3, 0.4) is 0 Å². The molecule has 3 fully saturated rings. The lowest BCUT2D eigenvalue weighted by Gasteiger charge is -2.37. The first-order valence-corrected chi connectivity index (χ1v) is 9.29. The van der Waals surface area contributed by atoms with E-state index in [0.717, 1.165) is 37.8 Å². The highest BCUT2D eigenvalue weighted by Gasteiger charge is 2.38. The van der Waals surface area contributed by atoms with E-state index in [0.29, 0.717) is 18.0 Å². The lowest BCUT2D eigenvalue weighted by atomic mass is 9.83. The third kappa shape index (κ3) is 4.61. The summed E-state index contributed by atoms with van der Waals surface area (Å²) in [6.07, 6.45) is 12.2. The summed E-state index contributed by atoms with van der Waals surface area (Å²) in [5.74, 6) is 2.12. The Morgan fingerprint density at radius 2 is 1.64 bits per heavy atom. The third-order valence-electron chi connectivity index (χ3n) is 5.94. The number of hydrogen-bond acceptors (Lipinski definition) is 2. The fourth-order valence-corrected chi connectivity index (χ4v) is 4.31. The summed E-state index contributed by atoms with van der Waals surface area (Å²) in [5.41, 5.74) is 0. The van der Waals surface area contributed by atoms with E-state index in [1.165, 1.54) is 51.4 Å². The minimum absolute atomic E-state index is 0. The maximum atomic E-state index is 12.7. The Morgan fingerprint density at radius 3 is 2.14 bits per heavy atom. The summed E-state index contributed by atoms with van der Waals surface area (Å²) in [6.45, 7) is 4.58. The maximum absolute atomic E-state index is 12.7. The lowest BCUT2D eigenvalue weighted by molar-refractivity contribution is -0.135. The van der Waals surface area contributed by atoms with E-state index < -0.39 is 0 Å². The van der Waals surface area contributed by atoms with Crippen molar-refractivity contribution in [2.24, 2.45) is 11.8 Å². The largest absolute Gasteiger partial charge is 0.337 e. The first-order chi connectivity index (χ1) is 10.3. The van der Waals surface area contributed by atoms with Gasteiger partial charge in [-0.1, -0.05) is 13.3 Å². The van der Waals surface area contributed by atoms with Gasteiger partial charge in [-0.3, -0.25) is 4.79 Å². The average Bonchev–Trinajstić information content (AvgIpc) is 3.20. The Balaban J connectivity index is 0.00000176. The van der Waals surface area contributed by atoms with E-state index >= 15 is 0 Å². The van der Waals surface area contributed by atoms with Crippen molar-refractivity contribution in [2.75, 3.05) is 13.1 Å². The summed E-state index contributed by atoms with van der Waals surface area (Å²) in [4.78, 5) is 15.1. The molecule has 0 radical (unpaired) electrons. The van der Waals surface area contributed by atoms with Gasteiger partial charge in [0.05, 0.1) is 0 Å². The molecule has 22 heavy (non-hydrogen) atoms. The molecule has 2 saturated carbocycles. The van der Waals surface area contributed by atoms with Gasteiger partial charge in [-0.05, 0) is 76.3 Å². The number of hydrogen-bond donors (Lipinski definition) is 1. The molecule has 3 nitrogen and oxygen atoms in total. The van der Waals surface area contributed by atoms with Crippen LogP contribution >= 0.6 is 12.4 Å². The van der Waals surface area contributed by atoms with Crippen LogP contribution in [-0.2, 0) is 4.79 Å². The molecule has 3 aliphatic rings. The summed E-state index contributed by atoms with van der Waals surface area (Å²) in [7, 11) is 0. The fourth-order valence-electron chi connectivity index (χ4n) is 4.31. The molecule has 3 rings (SSSR count). The minimum atomic E-state index is 0. The van der Waals surface area contributed by atoms with Gasteiger partial charge in [-0.15, -0.1) is 12.4 Å². The molecular weight excluding hydrogens is 296 g/mol. The molecule has 0 spiro atoms. The Kier molecular flexibility index (Phi) is 7.01. The molecule has 0 aromatic rings. The van der Waals surface area contributed by atoms with Gasteiger partial charge in [-0.2, -0.15) is 0 Å². The van der Waals surface area contributed by atoms with E-state index in [9.17, 15) is 4.79 Å². The molecule has 1 aliphatic heterocycles. The quantitative estimate of drug-likeness (QED) is 0.805. The van der Waals surface area contributed by atoms with Gasteiger partial charge in [-0.25, -0.2) is 0 Å². The molecule has 128 valence electrons. The predicted molar refractivity (Wildman–Crippen MR) is 93.4 cm³/mol. The SMILES string of the molecule is CCC1CCC(N(C(=O)CCC2CCNC2)C2CC2)CC1.Cl. The Labute approximate surface area is 142 Å². The summed E-state index contributed by atoms with van der Waals surface area (Å²) < 4.78 is 0. The van der Waals surface area contributed by atoms with Crippen molar-refractivity contribution in [1.29, 1.82) is 0 Å². The topological polar surface area (TPSA) is 32.3 Å². The molecule has 1 saturated heterocycles. The second kappa shape index (κ2) is 8.54. The van der Waals surface area contributed by atoms with Crippen LogP contribution in [-0.4, -0.2) is 36.0 Å². The zero-order chi connectivity index (χ0) is 14.7. The van der Waals surface area contributed by atoms with E-state index in [4.69, 9.17) is 0 Å². The van der Waals surface area contributed by atoms with Crippen LogP contribution in [0.4, 0.5) is 0 Å². The van der Waals surface area contributed by atoms with Gasteiger partial charge < -0.3 is 10.2 Å².